The van der Waals surface area contributed by atoms with E-state index in [2.05, 4.69) is 16.6 Å². The van der Waals surface area contributed by atoms with Gasteiger partial charge < -0.3 is 15.4 Å². The van der Waals surface area contributed by atoms with E-state index >= 15 is 0 Å². The van der Waals surface area contributed by atoms with Crippen LogP contribution in [-0.2, 0) is 4.74 Å². The standard InChI is InChI=1S/C18H32N2O2/c1-5-6-7-10-13-19-16-12-9-8-11-15(16)14-20-17(21)22-18(2,3)4/h1,15-16,19H,6-14H2,2-4H3,(H,20,21). The Balaban J connectivity index is 2.29. The molecular formula is C18H32N2O2. The molecule has 0 radical (unpaired) electrons. The average Bonchev–Trinajstić information content (AvgIpc) is 2.44. The van der Waals surface area contributed by atoms with Gasteiger partial charge in [0.05, 0.1) is 0 Å². The van der Waals surface area contributed by atoms with Gasteiger partial charge in [0.1, 0.15) is 5.60 Å². The highest BCUT2D eigenvalue weighted by Gasteiger charge is 2.25. The number of amides is 1. The zero-order valence-corrected chi connectivity index (χ0v) is 14.4. The molecule has 0 spiro atoms. The normalized spacial score (nSPS) is 21.9. The Hall–Kier alpha value is -1.21. The monoisotopic (exact) mass is 308 g/mol. The van der Waals surface area contributed by atoms with Crippen LogP contribution in [0.15, 0.2) is 0 Å². The second-order valence-corrected chi connectivity index (χ2v) is 7.15. The summed E-state index contributed by atoms with van der Waals surface area (Å²) in [4.78, 5) is 11.8. The minimum absolute atomic E-state index is 0.314. The van der Waals surface area contributed by atoms with Crippen LogP contribution in [0.5, 0.6) is 0 Å². The maximum absolute atomic E-state index is 11.8. The van der Waals surface area contributed by atoms with Crippen LogP contribution >= 0.6 is 0 Å². The first-order valence-corrected chi connectivity index (χ1v) is 8.56. The summed E-state index contributed by atoms with van der Waals surface area (Å²) < 4.78 is 5.30. The van der Waals surface area contributed by atoms with Gasteiger partial charge in [-0.25, -0.2) is 4.79 Å². The van der Waals surface area contributed by atoms with Crippen molar-refractivity contribution in [1.82, 2.24) is 10.6 Å². The minimum atomic E-state index is -0.439. The van der Waals surface area contributed by atoms with Crippen molar-refractivity contribution >= 4 is 6.09 Å². The number of nitrogens with one attached hydrogen (secondary N) is 2. The minimum Gasteiger partial charge on any atom is -0.444 e. The summed E-state index contributed by atoms with van der Waals surface area (Å²) in [5.41, 5.74) is -0.439. The summed E-state index contributed by atoms with van der Waals surface area (Å²) >= 11 is 0. The quantitative estimate of drug-likeness (QED) is 0.559. The van der Waals surface area contributed by atoms with E-state index in [1.807, 2.05) is 20.8 Å². The lowest BCUT2D eigenvalue weighted by Gasteiger charge is -2.32. The van der Waals surface area contributed by atoms with Crippen molar-refractivity contribution in [1.29, 1.82) is 0 Å². The van der Waals surface area contributed by atoms with Crippen molar-refractivity contribution in [2.75, 3.05) is 13.1 Å². The van der Waals surface area contributed by atoms with Crippen LogP contribution in [0.3, 0.4) is 0 Å². The highest BCUT2D eigenvalue weighted by atomic mass is 16.6. The Bertz CT molecular complexity index is 368. The summed E-state index contributed by atoms with van der Waals surface area (Å²) in [6.07, 6.45) is 12.9. The average molecular weight is 308 g/mol. The van der Waals surface area contributed by atoms with Crippen molar-refractivity contribution in [2.24, 2.45) is 5.92 Å². The van der Waals surface area contributed by atoms with Gasteiger partial charge >= 0.3 is 6.09 Å². The molecule has 126 valence electrons. The molecule has 1 rings (SSSR count). The molecule has 0 aliphatic heterocycles. The number of unbranched alkanes of at least 4 members (excludes halogenated alkanes) is 2. The van der Waals surface area contributed by atoms with Gasteiger partial charge in [0.2, 0.25) is 0 Å². The second kappa shape index (κ2) is 9.74. The van der Waals surface area contributed by atoms with Gasteiger partial charge in [-0.05, 0) is 58.9 Å². The molecule has 2 unspecified atom stereocenters. The summed E-state index contributed by atoms with van der Waals surface area (Å²) in [7, 11) is 0. The van der Waals surface area contributed by atoms with Crippen LogP contribution in [0.1, 0.15) is 65.7 Å². The molecule has 4 heteroatoms. The maximum atomic E-state index is 11.8. The van der Waals surface area contributed by atoms with Gasteiger partial charge in [0, 0.05) is 19.0 Å². The molecule has 0 aromatic carbocycles. The van der Waals surface area contributed by atoms with Crippen molar-refractivity contribution in [3.63, 3.8) is 0 Å². The number of hydrogen-bond donors (Lipinski definition) is 2. The zero-order chi connectivity index (χ0) is 16.4. The molecule has 1 amide bonds. The lowest BCUT2D eigenvalue weighted by atomic mass is 9.84. The number of carbonyl (C=O) groups is 1. The molecule has 22 heavy (non-hydrogen) atoms. The Morgan fingerprint density at radius 2 is 2.00 bits per heavy atom. The third-order valence-corrected chi connectivity index (χ3v) is 3.97. The first kappa shape index (κ1) is 18.8. The molecule has 0 bridgehead atoms. The van der Waals surface area contributed by atoms with Crippen LogP contribution < -0.4 is 10.6 Å². The zero-order valence-electron chi connectivity index (χ0n) is 14.4. The fraction of sp³-hybridized carbons (Fsp3) is 0.833. The van der Waals surface area contributed by atoms with Crippen LogP contribution in [0, 0.1) is 18.3 Å². The van der Waals surface area contributed by atoms with Crippen molar-refractivity contribution in [3.8, 4) is 12.3 Å². The fourth-order valence-electron chi connectivity index (χ4n) is 2.89. The molecule has 1 saturated carbocycles. The predicted molar refractivity (Wildman–Crippen MR) is 90.7 cm³/mol. The highest BCUT2D eigenvalue weighted by Crippen LogP contribution is 2.24. The molecule has 1 fully saturated rings. The Labute approximate surface area is 135 Å². The van der Waals surface area contributed by atoms with E-state index in [0.29, 0.717) is 18.5 Å². The van der Waals surface area contributed by atoms with E-state index in [0.717, 1.165) is 32.2 Å². The predicted octanol–water partition coefficient (Wildman–Crippen LogP) is 3.46. The summed E-state index contributed by atoms with van der Waals surface area (Å²) in [5, 5.41) is 6.56. The topological polar surface area (TPSA) is 50.4 Å². The Kier molecular flexibility index (Phi) is 8.34. The number of carbonyl (C=O) groups excluding carboxylic acids is 1. The van der Waals surface area contributed by atoms with Crippen molar-refractivity contribution < 1.29 is 9.53 Å². The van der Waals surface area contributed by atoms with Crippen LogP contribution in [-0.4, -0.2) is 30.8 Å². The molecule has 2 N–H and O–H groups in total. The number of terminal acetylenes is 1. The number of hydrogen-bond acceptors (Lipinski definition) is 3. The number of rotatable bonds is 7. The van der Waals surface area contributed by atoms with E-state index in [1.54, 1.807) is 0 Å². The van der Waals surface area contributed by atoms with E-state index in [9.17, 15) is 4.79 Å². The Morgan fingerprint density at radius 1 is 1.27 bits per heavy atom. The molecule has 0 aromatic rings. The van der Waals surface area contributed by atoms with Gasteiger partial charge in [-0.1, -0.05) is 12.8 Å². The van der Waals surface area contributed by atoms with Gasteiger partial charge in [-0.2, -0.15) is 0 Å². The third kappa shape index (κ3) is 8.29. The SMILES string of the molecule is C#CCCCCNC1CCCCC1CNC(=O)OC(C)(C)C. The van der Waals surface area contributed by atoms with Crippen molar-refractivity contribution in [2.45, 2.75) is 77.4 Å². The molecule has 0 aromatic heterocycles. The number of ether oxygens (including phenoxy) is 1. The van der Waals surface area contributed by atoms with Crippen molar-refractivity contribution in [3.05, 3.63) is 0 Å². The lowest BCUT2D eigenvalue weighted by Crippen LogP contribution is -2.45. The van der Waals surface area contributed by atoms with Crippen LogP contribution in [0.2, 0.25) is 0 Å². The fourth-order valence-corrected chi connectivity index (χ4v) is 2.89. The third-order valence-electron chi connectivity index (χ3n) is 3.97. The first-order valence-electron chi connectivity index (χ1n) is 8.56. The molecule has 4 nitrogen and oxygen atoms in total. The van der Waals surface area contributed by atoms with Gasteiger partial charge in [0.15, 0.2) is 0 Å². The highest BCUT2D eigenvalue weighted by molar-refractivity contribution is 5.67. The molecule has 1 aliphatic rings. The summed E-state index contributed by atoms with van der Waals surface area (Å²) in [6, 6.07) is 0.495. The van der Waals surface area contributed by atoms with Gasteiger partial charge in [-0.3, -0.25) is 0 Å². The van der Waals surface area contributed by atoms with Crippen LogP contribution in [0.25, 0.3) is 0 Å². The first-order chi connectivity index (χ1) is 10.4. The largest absolute Gasteiger partial charge is 0.444 e. The smallest absolute Gasteiger partial charge is 0.407 e. The lowest BCUT2D eigenvalue weighted by molar-refractivity contribution is 0.0510. The molecular weight excluding hydrogens is 276 g/mol. The van der Waals surface area contributed by atoms with E-state index in [-0.39, 0.29) is 6.09 Å². The summed E-state index contributed by atoms with van der Waals surface area (Å²) in [5.74, 6) is 3.17. The molecule has 0 saturated heterocycles. The number of alkyl carbamates (subject to hydrolysis) is 1. The van der Waals surface area contributed by atoms with E-state index in [4.69, 9.17) is 11.2 Å². The molecule has 1 aliphatic carbocycles. The van der Waals surface area contributed by atoms with E-state index < -0.39 is 5.60 Å². The second-order valence-electron chi connectivity index (χ2n) is 7.15. The molecule has 2 atom stereocenters. The Morgan fingerprint density at radius 3 is 2.68 bits per heavy atom. The van der Waals surface area contributed by atoms with Gasteiger partial charge in [0.25, 0.3) is 0 Å². The summed E-state index contributed by atoms with van der Waals surface area (Å²) in [6.45, 7) is 7.35. The van der Waals surface area contributed by atoms with E-state index in [1.165, 1.54) is 19.3 Å². The maximum Gasteiger partial charge on any atom is 0.407 e. The van der Waals surface area contributed by atoms with Crippen LogP contribution in [0.4, 0.5) is 4.79 Å². The molecule has 0 heterocycles. The van der Waals surface area contributed by atoms with Gasteiger partial charge in [-0.15, -0.1) is 12.3 Å².